The third-order valence-corrected chi connectivity index (χ3v) is 4.57. The van der Waals surface area contributed by atoms with Crippen molar-refractivity contribution in [3.8, 4) is 0 Å². The van der Waals surface area contributed by atoms with Gasteiger partial charge in [0.25, 0.3) is 0 Å². The van der Waals surface area contributed by atoms with E-state index in [-0.39, 0.29) is 0 Å². The monoisotopic (exact) mass is 224 g/mol. The second-order valence-electron chi connectivity index (χ2n) is 5.77. The topological polar surface area (TPSA) is 15.3 Å². The zero-order chi connectivity index (χ0) is 11.4. The fraction of sp³-hybridized carbons (Fsp3) is 1.00. The molecule has 1 N–H and O–H groups in total. The maximum atomic E-state index is 3.56. The van der Waals surface area contributed by atoms with Crippen molar-refractivity contribution in [1.82, 2.24) is 10.2 Å². The first-order valence-corrected chi connectivity index (χ1v) is 7.27. The molecular weight excluding hydrogens is 196 g/mol. The Morgan fingerprint density at radius 3 is 2.81 bits per heavy atom. The molecule has 0 saturated carbocycles. The first-order chi connectivity index (χ1) is 7.79. The van der Waals surface area contributed by atoms with Crippen LogP contribution in [-0.4, -0.2) is 36.6 Å². The summed E-state index contributed by atoms with van der Waals surface area (Å²) in [7, 11) is 0. The van der Waals surface area contributed by atoms with Crippen LogP contribution in [0.5, 0.6) is 0 Å². The molecule has 2 aliphatic heterocycles. The van der Waals surface area contributed by atoms with Gasteiger partial charge in [0.05, 0.1) is 0 Å². The van der Waals surface area contributed by atoms with Gasteiger partial charge in [0.15, 0.2) is 0 Å². The van der Waals surface area contributed by atoms with Gasteiger partial charge in [0, 0.05) is 12.1 Å². The minimum Gasteiger partial charge on any atom is -0.314 e. The summed E-state index contributed by atoms with van der Waals surface area (Å²) in [6.07, 6.45) is 8.44. The van der Waals surface area contributed by atoms with Crippen LogP contribution in [0.1, 0.15) is 52.4 Å². The summed E-state index contributed by atoms with van der Waals surface area (Å²) in [4.78, 5) is 2.78. The van der Waals surface area contributed by atoms with Crippen molar-refractivity contribution in [2.45, 2.75) is 64.5 Å². The molecule has 0 aromatic carbocycles. The third-order valence-electron chi connectivity index (χ3n) is 4.57. The Balaban J connectivity index is 1.84. The van der Waals surface area contributed by atoms with E-state index in [9.17, 15) is 0 Å². The number of nitrogens with one attached hydrogen (secondary N) is 1. The molecule has 2 fully saturated rings. The Bertz CT molecular complexity index is 205. The molecule has 0 spiro atoms. The Labute approximate surface area is 101 Å². The Morgan fingerprint density at radius 1 is 1.19 bits per heavy atom. The van der Waals surface area contributed by atoms with E-state index in [0.29, 0.717) is 0 Å². The van der Waals surface area contributed by atoms with Gasteiger partial charge in [-0.15, -0.1) is 0 Å². The van der Waals surface area contributed by atoms with E-state index in [2.05, 4.69) is 24.1 Å². The van der Waals surface area contributed by atoms with Crippen LogP contribution < -0.4 is 5.32 Å². The van der Waals surface area contributed by atoms with Crippen molar-refractivity contribution in [1.29, 1.82) is 0 Å². The Hall–Kier alpha value is -0.0800. The van der Waals surface area contributed by atoms with Gasteiger partial charge in [-0.1, -0.05) is 13.3 Å². The number of likely N-dealkylation sites (tertiary alicyclic amines) is 1. The highest BCUT2D eigenvalue weighted by atomic mass is 15.2. The standard InChI is InChI=1S/C14H28N2/c1-3-13-5-4-9-16(10-7-13)14-6-8-15-12(2)11-14/h12-15H,3-11H2,1-2H3. The number of nitrogens with zero attached hydrogens (tertiary/aromatic N) is 1. The average molecular weight is 224 g/mol. The fourth-order valence-electron chi connectivity index (χ4n) is 3.40. The molecule has 0 aromatic heterocycles. The van der Waals surface area contributed by atoms with Gasteiger partial charge < -0.3 is 10.2 Å². The quantitative estimate of drug-likeness (QED) is 0.776. The lowest BCUT2D eigenvalue weighted by Crippen LogP contribution is -2.47. The lowest BCUT2D eigenvalue weighted by Gasteiger charge is -2.36. The third kappa shape index (κ3) is 3.21. The van der Waals surface area contributed by atoms with Gasteiger partial charge in [-0.25, -0.2) is 0 Å². The van der Waals surface area contributed by atoms with E-state index >= 15 is 0 Å². The molecule has 0 radical (unpaired) electrons. The highest BCUT2D eigenvalue weighted by Gasteiger charge is 2.26. The van der Waals surface area contributed by atoms with Crippen LogP contribution >= 0.6 is 0 Å². The van der Waals surface area contributed by atoms with Gasteiger partial charge in [-0.3, -0.25) is 0 Å². The smallest absolute Gasteiger partial charge is 0.0122 e. The largest absolute Gasteiger partial charge is 0.314 e. The van der Waals surface area contributed by atoms with Crippen LogP contribution in [0.2, 0.25) is 0 Å². The normalized spacial score (nSPS) is 38.2. The molecule has 0 aliphatic carbocycles. The van der Waals surface area contributed by atoms with Gasteiger partial charge in [-0.2, -0.15) is 0 Å². The molecule has 2 rings (SSSR count). The molecule has 3 atom stereocenters. The lowest BCUT2D eigenvalue weighted by atomic mass is 9.97. The van der Waals surface area contributed by atoms with Crippen LogP contribution in [0, 0.1) is 5.92 Å². The van der Waals surface area contributed by atoms with Crippen molar-refractivity contribution in [2.75, 3.05) is 19.6 Å². The summed E-state index contributed by atoms with van der Waals surface area (Å²) >= 11 is 0. The molecule has 2 aliphatic rings. The number of hydrogen-bond donors (Lipinski definition) is 1. The molecule has 0 amide bonds. The Morgan fingerprint density at radius 2 is 2.06 bits per heavy atom. The Kier molecular flexibility index (Phi) is 4.66. The SMILES string of the molecule is CCC1CCCN(C2CCNC(C)C2)CC1. The van der Waals surface area contributed by atoms with Crippen molar-refractivity contribution in [2.24, 2.45) is 5.92 Å². The maximum Gasteiger partial charge on any atom is 0.0122 e. The summed E-state index contributed by atoms with van der Waals surface area (Å²) in [5.74, 6) is 1.00. The predicted molar refractivity (Wildman–Crippen MR) is 69.7 cm³/mol. The van der Waals surface area contributed by atoms with Crippen LogP contribution in [0.4, 0.5) is 0 Å². The van der Waals surface area contributed by atoms with Gasteiger partial charge in [-0.05, 0) is 64.6 Å². The van der Waals surface area contributed by atoms with E-state index in [1.54, 1.807) is 0 Å². The number of rotatable bonds is 2. The van der Waals surface area contributed by atoms with Gasteiger partial charge in [0.2, 0.25) is 0 Å². The van der Waals surface area contributed by atoms with E-state index in [1.807, 2.05) is 0 Å². The molecule has 2 saturated heterocycles. The van der Waals surface area contributed by atoms with Gasteiger partial charge in [0.1, 0.15) is 0 Å². The number of hydrogen-bond acceptors (Lipinski definition) is 2. The molecule has 94 valence electrons. The predicted octanol–water partition coefficient (Wildman–Crippen LogP) is 2.64. The van der Waals surface area contributed by atoms with Crippen molar-refractivity contribution < 1.29 is 0 Å². The summed E-state index contributed by atoms with van der Waals surface area (Å²) in [6.45, 7) is 8.62. The van der Waals surface area contributed by atoms with Gasteiger partial charge >= 0.3 is 0 Å². The molecular formula is C14H28N2. The zero-order valence-electron chi connectivity index (χ0n) is 11.0. The first kappa shape index (κ1) is 12.4. The van der Waals surface area contributed by atoms with Crippen LogP contribution in [0.3, 0.4) is 0 Å². The molecule has 2 heteroatoms. The summed E-state index contributed by atoms with van der Waals surface area (Å²) in [5, 5.41) is 3.56. The summed E-state index contributed by atoms with van der Waals surface area (Å²) in [5.41, 5.74) is 0. The lowest BCUT2D eigenvalue weighted by molar-refractivity contribution is 0.150. The second-order valence-corrected chi connectivity index (χ2v) is 5.77. The zero-order valence-corrected chi connectivity index (χ0v) is 11.0. The van der Waals surface area contributed by atoms with E-state index in [0.717, 1.165) is 18.0 Å². The highest BCUT2D eigenvalue weighted by Crippen LogP contribution is 2.24. The summed E-state index contributed by atoms with van der Waals surface area (Å²) < 4.78 is 0. The van der Waals surface area contributed by atoms with E-state index in [1.165, 1.54) is 58.2 Å². The van der Waals surface area contributed by atoms with Crippen LogP contribution in [0.25, 0.3) is 0 Å². The minimum atomic E-state index is 0.726. The van der Waals surface area contributed by atoms with Crippen LogP contribution in [-0.2, 0) is 0 Å². The van der Waals surface area contributed by atoms with Crippen molar-refractivity contribution >= 4 is 0 Å². The number of piperidine rings is 1. The fourth-order valence-corrected chi connectivity index (χ4v) is 3.40. The molecule has 0 aromatic rings. The molecule has 16 heavy (non-hydrogen) atoms. The van der Waals surface area contributed by atoms with E-state index < -0.39 is 0 Å². The first-order valence-electron chi connectivity index (χ1n) is 7.27. The molecule has 3 unspecified atom stereocenters. The molecule has 2 nitrogen and oxygen atoms in total. The highest BCUT2D eigenvalue weighted by molar-refractivity contribution is 4.83. The molecule has 2 heterocycles. The maximum absolute atomic E-state index is 3.56. The minimum absolute atomic E-state index is 0.726. The second kappa shape index (κ2) is 6.02. The molecule has 0 bridgehead atoms. The van der Waals surface area contributed by atoms with Crippen LogP contribution in [0.15, 0.2) is 0 Å². The van der Waals surface area contributed by atoms with Crippen molar-refractivity contribution in [3.05, 3.63) is 0 Å². The summed E-state index contributed by atoms with van der Waals surface area (Å²) in [6, 6.07) is 1.59. The van der Waals surface area contributed by atoms with E-state index in [4.69, 9.17) is 0 Å². The average Bonchev–Trinajstić information content (AvgIpc) is 2.54. The van der Waals surface area contributed by atoms with Crippen molar-refractivity contribution in [3.63, 3.8) is 0 Å².